The fraction of sp³-hybridized carbons (Fsp3) is 0.296. The summed E-state index contributed by atoms with van der Waals surface area (Å²) in [6.07, 6.45) is 1.34. The standard InChI is InChI=1S/C27H30N2O5S2/c1-18-13-19(2)26(20(3)14-18)36(33,34)29-17-23-11-6-5-9-21(23)15-24(29)27(30)28-16-22-10-7-8-12-25(22)35(4,31)32/h5-14,24H,15-17H2,1-4H3,(H,28,30). The number of rotatable bonds is 6. The zero-order chi connectivity index (χ0) is 26.3. The summed E-state index contributed by atoms with van der Waals surface area (Å²) in [5.41, 5.74) is 4.45. The molecule has 1 heterocycles. The third-order valence-corrected chi connectivity index (χ3v) is 9.86. The molecule has 1 aliphatic heterocycles. The van der Waals surface area contributed by atoms with Crippen LogP contribution < -0.4 is 5.32 Å². The van der Waals surface area contributed by atoms with Crippen molar-refractivity contribution in [1.29, 1.82) is 0 Å². The lowest BCUT2D eigenvalue weighted by Gasteiger charge is -2.35. The topological polar surface area (TPSA) is 101 Å². The van der Waals surface area contributed by atoms with Crippen molar-refractivity contribution >= 4 is 25.8 Å². The fourth-order valence-corrected chi connectivity index (χ4v) is 7.90. The van der Waals surface area contributed by atoms with Gasteiger partial charge in [-0.25, -0.2) is 16.8 Å². The van der Waals surface area contributed by atoms with Gasteiger partial charge in [-0.1, -0.05) is 60.2 Å². The van der Waals surface area contributed by atoms with Crippen LogP contribution in [0.25, 0.3) is 0 Å². The lowest BCUT2D eigenvalue weighted by molar-refractivity contribution is -0.125. The van der Waals surface area contributed by atoms with Crippen molar-refractivity contribution in [2.45, 2.75) is 56.1 Å². The molecule has 3 aromatic rings. The Morgan fingerprint density at radius 1 is 0.917 bits per heavy atom. The van der Waals surface area contributed by atoms with Crippen LogP contribution >= 0.6 is 0 Å². The first-order valence-corrected chi connectivity index (χ1v) is 14.9. The van der Waals surface area contributed by atoms with E-state index in [9.17, 15) is 21.6 Å². The molecule has 0 aromatic heterocycles. The van der Waals surface area contributed by atoms with Crippen LogP contribution in [0.5, 0.6) is 0 Å². The van der Waals surface area contributed by atoms with E-state index in [1.54, 1.807) is 32.0 Å². The zero-order valence-corrected chi connectivity index (χ0v) is 22.4. The molecule has 1 N–H and O–H groups in total. The fourth-order valence-electron chi connectivity index (χ4n) is 4.98. The number of hydrogen-bond donors (Lipinski definition) is 1. The molecule has 0 fully saturated rings. The molecule has 3 aromatic carbocycles. The second-order valence-electron chi connectivity index (χ2n) is 9.36. The number of carbonyl (C=O) groups is 1. The Labute approximate surface area is 213 Å². The van der Waals surface area contributed by atoms with E-state index < -0.39 is 31.8 Å². The highest BCUT2D eigenvalue weighted by molar-refractivity contribution is 7.90. The monoisotopic (exact) mass is 526 g/mol. The molecule has 0 saturated heterocycles. The summed E-state index contributed by atoms with van der Waals surface area (Å²) in [5.74, 6) is -0.473. The minimum atomic E-state index is -4.01. The number of fused-ring (bicyclic) bond motifs is 1. The van der Waals surface area contributed by atoms with Crippen molar-refractivity contribution in [3.63, 3.8) is 0 Å². The Hall–Kier alpha value is -3.01. The van der Waals surface area contributed by atoms with Crippen molar-refractivity contribution in [3.05, 3.63) is 94.0 Å². The normalized spacial score (nSPS) is 16.4. The average Bonchev–Trinajstić information content (AvgIpc) is 2.80. The van der Waals surface area contributed by atoms with E-state index in [1.807, 2.05) is 43.3 Å². The number of nitrogens with one attached hydrogen (secondary N) is 1. The number of hydrogen-bond acceptors (Lipinski definition) is 5. The first-order chi connectivity index (χ1) is 16.9. The number of sulfone groups is 1. The van der Waals surface area contributed by atoms with Crippen LogP contribution in [0.3, 0.4) is 0 Å². The lowest BCUT2D eigenvalue weighted by atomic mass is 9.95. The summed E-state index contributed by atoms with van der Waals surface area (Å²) in [7, 11) is -7.50. The summed E-state index contributed by atoms with van der Waals surface area (Å²) >= 11 is 0. The van der Waals surface area contributed by atoms with Crippen molar-refractivity contribution in [1.82, 2.24) is 9.62 Å². The van der Waals surface area contributed by atoms with E-state index in [1.165, 1.54) is 10.4 Å². The molecule has 0 radical (unpaired) electrons. The van der Waals surface area contributed by atoms with Gasteiger partial charge < -0.3 is 5.32 Å². The second kappa shape index (κ2) is 9.80. The molecule has 1 aliphatic rings. The van der Waals surface area contributed by atoms with Gasteiger partial charge in [-0.15, -0.1) is 0 Å². The van der Waals surface area contributed by atoms with E-state index in [0.29, 0.717) is 16.7 Å². The molecule has 0 saturated carbocycles. The van der Waals surface area contributed by atoms with Crippen molar-refractivity contribution < 1.29 is 21.6 Å². The number of aryl methyl sites for hydroxylation is 3. The van der Waals surface area contributed by atoms with Crippen molar-refractivity contribution in [3.8, 4) is 0 Å². The molecule has 36 heavy (non-hydrogen) atoms. The van der Waals surface area contributed by atoms with E-state index in [-0.39, 0.29) is 29.3 Å². The Bertz CT molecular complexity index is 1520. The molecule has 1 atom stereocenters. The van der Waals surface area contributed by atoms with Crippen LogP contribution in [0.1, 0.15) is 33.4 Å². The summed E-state index contributed by atoms with van der Waals surface area (Å²) in [6.45, 7) is 5.49. The number of sulfonamides is 1. The predicted octanol–water partition coefficient (Wildman–Crippen LogP) is 3.45. The highest BCUT2D eigenvalue weighted by Crippen LogP contribution is 2.32. The first-order valence-electron chi connectivity index (χ1n) is 11.6. The van der Waals surface area contributed by atoms with E-state index in [2.05, 4.69) is 5.32 Å². The molecule has 0 bridgehead atoms. The Morgan fingerprint density at radius 3 is 2.14 bits per heavy atom. The Kier molecular flexibility index (Phi) is 7.10. The summed E-state index contributed by atoms with van der Waals surface area (Å²) in [6, 6.07) is 16.6. The summed E-state index contributed by atoms with van der Waals surface area (Å²) in [4.78, 5) is 13.8. The molecule has 9 heteroatoms. The average molecular weight is 527 g/mol. The maximum atomic E-state index is 14.0. The van der Waals surface area contributed by atoms with Gasteiger partial charge in [-0.05, 0) is 61.1 Å². The van der Waals surface area contributed by atoms with Crippen LogP contribution in [0.15, 0.2) is 70.5 Å². The van der Waals surface area contributed by atoms with Crippen LogP contribution in [0, 0.1) is 20.8 Å². The second-order valence-corrected chi connectivity index (χ2v) is 13.2. The van der Waals surface area contributed by atoms with Crippen LogP contribution in [0.4, 0.5) is 0 Å². The molecule has 7 nitrogen and oxygen atoms in total. The molecular weight excluding hydrogens is 496 g/mol. The quantitative estimate of drug-likeness (QED) is 0.530. The minimum Gasteiger partial charge on any atom is -0.351 e. The molecule has 1 unspecified atom stereocenters. The van der Waals surface area contributed by atoms with Gasteiger partial charge in [-0.2, -0.15) is 4.31 Å². The Balaban J connectivity index is 1.71. The highest BCUT2D eigenvalue weighted by Gasteiger charge is 2.40. The molecule has 4 rings (SSSR count). The number of benzene rings is 3. The van der Waals surface area contributed by atoms with Crippen molar-refractivity contribution in [2.24, 2.45) is 0 Å². The van der Waals surface area contributed by atoms with Crippen LogP contribution in [0.2, 0.25) is 0 Å². The van der Waals surface area contributed by atoms with Gasteiger partial charge in [0.2, 0.25) is 15.9 Å². The van der Waals surface area contributed by atoms with Gasteiger partial charge >= 0.3 is 0 Å². The largest absolute Gasteiger partial charge is 0.351 e. The van der Waals surface area contributed by atoms with E-state index in [4.69, 9.17) is 0 Å². The maximum Gasteiger partial charge on any atom is 0.244 e. The number of amides is 1. The number of nitrogens with zero attached hydrogens (tertiary/aromatic N) is 1. The van der Waals surface area contributed by atoms with Gasteiger partial charge in [-0.3, -0.25) is 4.79 Å². The third kappa shape index (κ3) is 5.09. The molecule has 0 spiro atoms. The molecule has 0 aliphatic carbocycles. The summed E-state index contributed by atoms with van der Waals surface area (Å²) < 4.78 is 53.6. The van der Waals surface area contributed by atoms with E-state index in [0.717, 1.165) is 22.9 Å². The van der Waals surface area contributed by atoms with Gasteiger partial charge in [0.1, 0.15) is 6.04 Å². The molecule has 1 amide bonds. The van der Waals surface area contributed by atoms with Crippen LogP contribution in [-0.2, 0) is 44.2 Å². The van der Waals surface area contributed by atoms with Gasteiger partial charge in [0.25, 0.3) is 0 Å². The predicted molar refractivity (Wildman–Crippen MR) is 139 cm³/mol. The smallest absolute Gasteiger partial charge is 0.244 e. The van der Waals surface area contributed by atoms with Crippen molar-refractivity contribution in [2.75, 3.05) is 6.26 Å². The number of carbonyl (C=O) groups excluding carboxylic acids is 1. The Morgan fingerprint density at radius 2 is 1.50 bits per heavy atom. The zero-order valence-electron chi connectivity index (χ0n) is 20.8. The summed E-state index contributed by atoms with van der Waals surface area (Å²) in [5, 5.41) is 2.79. The first kappa shape index (κ1) is 26.1. The third-order valence-electron chi connectivity index (χ3n) is 6.50. The lowest BCUT2D eigenvalue weighted by Crippen LogP contribution is -2.52. The van der Waals surface area contributed by atoms with Gasteiger partial charge in [0.15, 0.2) is 9.84 Å². The molecule has 190 valence electrons. The van der Waals surface area contributed by atoms with Gasteiger partial charge in [0, 0.05) is 19.3 Å². The van der Waals surface area contributed by atoms with Crippen LogP contribution in [-0.4, -0.2) is 39.3 Å². The van der Waals surface area contributed by atoms with Gasteiger partial charge in [0.05, 0.1) is 9.79 Å². The van der Waals surface area contributed by atoms with E-state index >= 15 is 0 Å². The SMILES string of the molecule is Cc1cc(C)c(S(=O)(=O)N2Cc3ccccc3CC2C(=O)NCc2ccccc2S(C)(=O)=O)c(C)c1. The molecular formula is C27H30N2O5S2. The minimum absolute atomic E-state index is 0.0311. The maximum absolute atomic E-state index is 14.0. The highest BCUT2D eigenvalue weighted by atomic mass is 32.2.